The number of nitriles is 1. The molecule has 0 saturated carbocycles. The van der Waals surface area contributed by atoms with Gasteiger partial charge >= 0.3 is 0 Å². The minimum atomic E-state index is -0.466. The number of nitrogens with one attached hydrogen (secondary N) is 1. The first kappa shape index (κ1) is 20.9. The van der Waals surface area contributed by atoms with Crippen LogP contribution in [0.3, 0.4) is 0 Å². The van der Waals surface area contributed by atoms with E-state index in [0.717, 1.165) is 22.1 Å². The predicted molar refractivity (Wildman–Crippen MR) is 120 cm³/mol. The van der Waals surface area contributed by atoms with Crippen LogP contribution in [0.4, 0.5) is 5.69 Å². The molecule has 5 heteroatoms. The average Bonchev–Trinajstić information content (AvgIpc) is 2.75. The molecule has 0 heterocycles. The fourth-order valence-electron chi connectivity index (χ4n) is 3.18. The molecule has 5 nitrogen and oxygen atoms in total. The maximum atomic E-state index is 12.8. The first-order valence-electron chi connectivity index (χ1n) is 9.88. The quantitative estimate of drug-likeness (QED) is 0.420. The van der Waals surface area contributed by atoms with Crippen molar-refractivity contribution in [2.75, 3.05) is 18.5 Å². The number of ether oxygens (including phenoxy) is 2. The van der Waals surface area contributed by atoms with E-state index < -0.39 is 5.91 Å². The number of hydrogen-bond acceptors (Lipinski definition) is 4. The Kier molecular flexibility index (Phi) is 6.71. The maximum absolute atomic E-state index is 12.8. The Morgan fingerprint density at radius 3 is 2.50 bits per heavy atom. The lowest BCUT2D eigenvalue weighted by atomic mass is 10.0. The van der Waals surface area contributed by atoms with Crippen molar-refractivity contribution in [1.82, 2.24) is 0 Å². The minimum Gasteiger partial charge on any atom is -0.494 e. The van der Waals surface area contributed by atoms with Crippen molar-refractivity contribution in [3.63, 3.8) is 0 Å². The van der Waals surface area contributed by atoms with Crippen LogP contribution >= 0.6 is 0 Å². The van der Waals surface area contributed by atoms with Gasteiger partial charge in [0.1, 0.15) is 23.1 Å². The lowest BCUT2D eigenvalue weighted by molar-refractivity contribution is -0.112. The summed E-state index contributed by atoms with van der Waals surface area (Å²) in [6.07, 6.45) is 1.58. The SMILES string of the molecule is CCOc1ccc2ccc(OCC)c(/C=C(/C#N)C(=O)Nc3ccccc3C)c2c1. The zero-order chi connectivity index (χ0) is 21.5. The van der Waals surface area contributed by atoms with Crippen molar-refractivity contribution in [2.45, 2.75) is 20.8 Å². The molecule has 0 atom stereocenters. The van der Waals surface area contributed by atoms with E-state index in [1.807, 2.05) is 75.4 Å². The molecule has 0 radical (unpaired) electrons. The summed E-state index contributed by atoms with van der Waals surface area (Å²) >= 11 is 0. The Balaban J connectivity index is 2.09. The molecule has 0 aliphatic rings. The van der Waals surface area contributed by atoms with Gasteiger partial charge in [-0.2, -0.15) is 5.26 Å². The molecule has 1 amide bonds. The molecule has 30 heavy (non-hydrogen) atoms. The highest BCUT2D eigenvalue weighted by Crippen LogP contribution is 2.33. The van der Waals surface area contributed by atoms with Crippen molar-refractivity contribution in [3.05, 3.63) is 71.3 Å². The summed E-state index contributed by atoms with van der Waals surface area (Å²) in [5.41, 5.74) is 2.26. The molecule has 0 aliphatic carbocycles. The number of aryl methyl sites for hydroxylation is 1. The van der Waals surface area contributed by atoms with Gasteiger partial charge in [0.05, 0.1) is 13.2 Å². The van der Waals surface area contributed by atoms with Gasteiger partial charge in [-0.15, -0.1) is 0 Å². The first-order chi connectivity index (χ1) is 14.6. The summed E-state index contributed by atoms with van der Waals surface area (Å²) in [6, 6.07) is 19.0. The van der Waals surface area contributed by atoms with Gasteiger partial charge in [0.15, 0.2) is 0 Å². The Morgan fingerprint density at radius 1 is 1.07 bits per heavy atom. The van der Waals surface area contributed by atoms with Crippen LogP contribution in [0.25, 0.3) is 16.8 Å². The molecule has 0 spiro atoms. The third kappa shape index (κ3) is 4.61. The lowest BCUT2D eigenvalue weighted by Gasteiger charge is -2.13. The number of carbonyl (C=O) groups is 1. The van der Waals surface area contributed by atoms with Crippen LogP contribution in [-0.2, 0) is 4.79 Å². The number of rotatable bonds is 7. The second-order valence-electron chi connectivity index (χ2n) is 6.67. The van der Waals surface area contributed by atoms with Gasteiger partial charge in [-0.25, -0.2) is 0 Å². The molecule has 3 rings (SSSR count). The van der Waals surface area contributed by atoms with E-state index in [1.54, 1.807) is 12.1 Å². The monoisotopic (exact) mass is 400 g/mol. The van der Waals surface area contributed by atoms with Crippen LogP contribution in [0, 0.1) is 18.3 Å². The van der Waals surface area contributed by atoms with E-state index in [0.29, 0.717) is 30.2 Å². The first-order valence-corrected chi connectivity index (χ1v) is 9.88. The van der Waals surface area contributed by atoms with E-state index in [1.165, 1.54) is 0 Å². The third-order valence-corrected chi connectivity index (χ3v) is 4.65. The molecule has 0 unspecified atom stereocenters. The van der Waals surface area contributed by atoms with Crippen LogP contribution in [0.2, 0.25) is 0 Å². The Morgan fingerprint density at radius 2 is 1.80 bits per heavy atom. The van der Waals surface area contributed by atoms with E-state index in [-0.39, 0.29) is 5.57 Å². The Labute approximate surface area is 176 Å². The van der Waals surface area contributed by atoms with Crippen LogP contribution in [0.15, 0.2) is 60.2 Å². The number of benzene rings is 3. The second kappa shape index (κ2) is 9.62. The van der Waals surface area contributed by atoms with Crippen molar-refractivity contribution in [3.8, 4) is 17.6 Å². The fraction of sp³-hybridized carbons (Fsp3) is 0.200. The van der Waals surface area contributed by atoms with E-state index in [9.17, 15) is 10.1 Å². The molecule has 0 aliphatic heterocycles. The highest BCUT2D eigenvalue weighted by Gasteiger charge is 2.15. The molecule has 3 aromatic rings. The summed E-state index contributed by atoms with van der Waals surface area (Å²) in [4.78, 5) is 12.8. The van der Waals surface area contributed by atoms with Gasteiger partial charge in [0.25, 0.3) is 5.91 Å². The normalized spacial score (nSPS) is 11.1. The smallest absolute Gasteiger partial charge is 0.266 e. The van der Waals surface area contributed by atoms with Crippen molar-refractivity contribution < 1.29 is 14.3 Å². The van der Waals surface area contributed by atoms with Crippen LogP contribution in [-0.4, -0.2) is 19.1 Å². The Hall–Kier alpha value is -3.78. The molecular formula is C25H24N2O3. The highest BCUT2D eigenvalue weighted by atomic mass is 16.5. The standard InChI is InChI=1S/C25H24N2O3/c1-4-29-20-12-10-18-11-13-24(30-5-2)22(21(18)15-20)14-19(16-26)25(28)27-23-9-7-6-8-17(23)3/h6-15H,4-5H2,1-3H3,(H,27,28)/b19-14-. The number of para-hydroxylation sites is 1. The van der Waals surface area contributed by atoms with Crippen molar-refractivity contribution >= 4 is 28.4 Å². The largest absolute Gasteiger partial charge is 0.494 e. The predicted octanol–water partition coefficient (Wildman–Crippen LogP) is 5.49. The van der Waals surface area contributed by atoms with Gasteiger partial charge in [0.2, 0.25) is 0 Å². The summed E-state index contributed by atoms with van der Waals surface area (Å²) in [7, 11) is 0. The van der Waals surface area contributed by atoms with Gasteiger partial charge in [0, 0.05) is 11.3 Å². The lowest BCUT2D eigenvalue weighted by Crippen LogP contribution is -2.14. The molecular weight excluding hydrogens is 376 g/mol. The molecule has 0 fully saturated rings. The highest BCUT2D eigenvalue weighted by molar-refractivity contribution is 6.11. The number of nitrogens with zero attached hydrogens (tertiary/aromatic N) is 1. The molecule has 0 saturated heterocycles. The van der Waals surface area contributed by atoms with Gasteiger partial charge < -0.3 is 14.8 Å². The second-order valence-corrected chi connectivity index (χ2v) is 6.67. The molecule has 3 aromatic carbocycles. The van der Waals surface area contributed by atoms with E-state index in [4.69, 9.17) is 9.47 Å². The van der Waals surface area contributed by atoms with E-state index >= 15 is 0 Å². The molecule has 1 N–H and O–H groups in total. The molecule has 152 valence electrons. The van der Waals surface area contributed by atoms with Crippen LogP contribution < -0.4 is 14.8 Å². The molecule has 0 aromatic heterocycles. The summed E-state index contributed by atoms with van der Waals surface area (Å²) in [5, 5.41) is 14.3. The number of anilines is 1. The van der Waals surface area contributed by atoms with Gasteiger partial charge in [-0.1, -0.05) is 30.3 Å². The number of fused-ring (bicyclic) bond motifs is 1. The summed E-state index contributed by atoms with van der Waals surface area (Å²) in [5.74, 6) is 0.860. The van der Waals surface area contributed by atoms with E-state index in [2.05, 4.69) is 5.32 Å². The minimum absolute atomic E-state index is 0.00600. The van der Waals surface area contributed by atoms with Gasteiger partial charge in [-0.05, 0) is 67.4 Å². The van der Waals surface area contributed by atoms with Gasteiger partial charge in [-0.3, -0.25) is 4.79 Å². The zero-order valence-electron chi connectivity index (χ0n) is 17.4. The zero-order valence-corrected chi connectivity index (χ0v) is 17.4. The average molecular weight is 400 g/mol. The molecule has 0 bridgehead atoms. The third-order valence-electron chi connectivity index (χ3n) is 4.65. The fourth-order valence-corrected chi connectivity index (χ4v) is 3.18. The van der Waals surface area contributed by atoms with Crippen molar-refractivity contribution in [1.29, 1.82) is 5.26 Å². The Bertz CT molecular complexity index is 1140. The van der Waals surface area contributed by atoms with Crippen molar-refractivity contribution in [2.24, 2.45) is 0 Å². The van der Waals surface area contributed by atoms with Crippen LogP contribution in [0.5, 0.6) is 11.5 Å². The number of amides is 1. The maximum Gasteiger partial charge on any atom is 0.266 e. The number of carbonyl (C=O) groups excluding carboxylic acids is 1. The number of hydrogen-bond donors (Lipinski definition) is 1. The summed E-state index contributed by atoms with van der Waals surface area (Å²) < 4.78 is 11.4. The topological polar surface area (TPSA) is 71.3 Å². The summed E-state index contributed by atoms with van der Waals surface area (Å²) in [6.45, 7) is 6.73. The van der Waals surface area contributed by atoms with Crippen LogP contribution in [0.1, 0.15) is 25.0 Å².